The molecule has 2 aromatic carbocycles. The van der Waals surface area contributed by atoms with Crippen molar-refractivity contribution in [1.82, 2.24) is 9.80 Å². The molecule has 0 bridgehead atoms. The second-order valence-corrected chi connectivity index (χ2v) is 9.07. The summed E-state index contributed by atoms with van der Waals surface area (Å²) in [5.41, 5.74) is 0.628. The highest BCUT2D eigenvalue weighted by Gasteiger charge is 2.64. The van der Waals surface area contributed by atoms with Gasteiger partial charge in [0.1, 0.15) is 11.6 Å². The Hall–Kier alpha value is -2.67. The zero-order valence-electron chi connectivity index (χ0n) is 16.8. The molecule has 5 rings (SSSR count). The Morgan fingerprint density at radius 3 is 2.23 bits per heavy atom. The van der Waals surface area contributed by atoms with E-state index < -0.39 is 23.1 Å². The Kier molecular flexibility index (Phi) is 4.88. The Morgan fingerprint density at radius 2 is 1.65 bits per heavy atom. The molecule has 3 aliphatic rings. The summed E-state index contributed by atoms with van der Waals surface area (Å²) in [7, 11) is 0. The van der Waals surface area contributed by atoms with Crippen LogP contribution in [0.5, 0.6) is 0 Å². The van der Waals surface area contributed by atoms with Crippen LogP contribution in [-0.2, 0) is 4.79 Å². The van der Waals surface area contributed by atoms with Crippen molar-refractivity contribution in [2.75, 3.05) is 18.4 Å². The first-order valence-corrected chi connectivity index (χ1v) is 10.9. The number of carbonyl (C=O) groups excluding carboxylic acids is 2. The number of β-lactam (4-membered cyclic amide) rings is 1. The van der Waals surface area contributed by atoms with Crippen molar-refractivity contribution in [2.24, 2.45) is 5.41 Å². The molecule has 31 heavy (non-hydrogen) atoms. The van der Waals surface area contributed by atoms with Gasteiger partial charge in [-0.1, -0.05) is 23.7 Å². The lowest BCUT2D eigenvalue weighted by atomic mass is 9.62. The van der Waals surface area contributed by atoms with Crippen molar-refractivity contribution < 1.29 is 18.4 Å². The first kappa shape index (κ1) is 20.2. The maximum Gasteiger partial charge on any atom is 0.321 e. The summed E-state index contributed by atoms with van der Waals surface area (Å²) in [6.45, 7) is 0.802. The fourth-order valence-electron chi connectivity index (χ4n) is 4.97. The number of hydrogen-bond acceptors (Lipinski definition) is 2. The van der Waals surface area contributed by atoms with Gasteiger partial charge in [-0.15, -0.1) is 0 Å². The second-order valence-electron chi connectivity index (χ2n) is 8.63. The minimum atomic E-state index is -0.751. The van der Waals surface area contributed by atoms with E-state index in [-0.39, 0.29) is 17.6 Å². The zero-order valence-corrected chi connectivity index (χ0v) is 17.5. The summed E-state index contributed by atoms with van der Waals surface area (Å²) in [5.74, 6) is -1.33. The third kappa shape index (κ3) is 3.55. The van der Waals surface area contributed by atoms with Crippen molar-refractivity contribution >= 4 is 29.2 Å². The maximum absolute atomic E-state index is 13.4. The summed E-state index contributed by atoms with van der Waals surface area (Å²) in [6, 6.07) is 10.4. The van der Waals surface area contributed by atoms with Gasteiger partial charge in [-0.3, -0.25) is 4.79 Å². The molecule has 3 fully saturated rings. The minimum Gasteiger partial charge on any atom is -0.331 e. The van der Waals surface area contributed by atoms with Crippen LogP contribution in [0.25, 0.3) is 0 Å². The molecule has 2 heterocycles. The zero-order chi connectivity index (χ0) is 21.8. The molecule has 1 unspecified atom stereocenters. The van der Waals surface area contributed by atoms with Crippen LogP contribution in [-0.4, -0.2) is 40.9 Å². The Bertz CT molecular complexity index is 1010. The number of nitrogens with zero attached hydrogens (tertiary/aromatic N) is 2. The third-order valence-electron chi connectivity index (χ3n) is 6.64. The number of piperidine rings is 1. The van der Waals surface area contributed by atoms with E-state index in [1.807, 2.05) is 29.2 Å². The molecule has 0 aromatic heterocycles. The highest BCUT2D eigenvalue weighted by Crippen LogP contribution is 2.59. The Balaban J connectivity index is 1.31. The van der Waals surface area contributed by atoms with Gasteiger partial charge in [0.25, 0.3) is 0 Å². The van der Waals surface area contributed by atoms with Gasteiger partial charge in [0.05, 0.1) is 11.5 Å². The fraction of sp³-hybridized carbons (Fsp3) is 0.391. The van der Waals surface area contributed by atoms with E-state index in [4.69, 9.17) is 11.6 Å². The lowest BCUT2D eigenvalue weighted by Crippen LogP contribution is -2.67. The largest absolute Gasteiger partial charge is 0.331 e. The molecule has 3 amide bonds. The summed E-state index contributed by atoms with van der Waals surface area (Å²) in [6.07, 6.45) is 3.16. The number of rotatable bonds is 3. The summed E-state index contributed by atoms with van der Waals surface area (Å²) >= 11 is 6.06. The molecule has 2 aliphatic heterocycles. The number of benzene rings is 2. The van der Waals surface area contributed by atoms with E-state index in [2.05, 4.69) is 5.32 Å². The third-order valence-corrected chi connectivity index (χ3v) is 6.90. The maximum atomic E-state index is 13.4. The standard InChI is InChI=1S/C23H22ClF2N3O2/c24-15-3-1-14(2-4-15)20-23(21(30)29(20)19-5-6-19)7-9-28(10-8-23)22(31)27-18-12-16(25)11-17(26)13-18/h1-4,11-13,19-20H,5-10H2,(H,27,31). The van der Waals surface area contributed by atoms with Gasteiger partial charge in [0, 0.05) is 35.9 Å². The molecule has 2 aromatic rings. The van der Waals surface area contributed by atoms with Crippen LogP contribution in [0.15, 0.2) is 42.5 Å². The quantitative estimate of drug-likeness (QED) is 0.677. The molecule has 5 nitrogen and oxygen atoms in total. The van der Waals surface area contributed by atoms with E-state index in [0.717, 1.165) is 36.6 Å². The van der Waals surface area contributed by atoms with Gasteiger partial charge in [-0.25, -0.2) is 13.6 Å². The van der Waals surface area contributed by atoms with Crippen LogP contribution >= 0.6 is 11.6 Å². The average Bonchev–Trinajstić information content (AvgIpc) is 3.56. The number of hydrogen-bond donors (Lipinski definition) is 1. The van der Waals surface area contributed by atoms with Gasteiger partial charge < -0.3 is 15.1 Å². The highest BCUT2D eigenvalue weighted by molar-refractivity contribution is 6.30. The number of urea groups is 1. The van der Waals surface area contributed by atoms with Crippen molar-refractivity contribution in [1.29, 1.82) is 0 Å². The van der Waals surface area contributed by atoms with Crippen LogP contribution < -0.4 is 5.32 Å². The number of amides is 3. The van der Waals surface area contributed by atoms with Crippen LogP contribution in [0.2, 0.25) is 5.02 Å². The molecule has 162 valence electrons. The molecule has 1 atom stereocenters. The predicted molar refractivity (Wildman–Crippen MR) is 113 cm³/mol. The van der Waals surface area contributed by atoms with Gasteiger partial charge >= 0.3 is 6.03 Å². The lowest BCUT2D eigenvalue weighted by molar-refractivity contribution is -0.181. The average molecular weight is 446 g/mol. The van der Waals surface area contributed by atoms with E-state index in [9.17, 15) is 18.4 Å². The molecule has 1 N–H and O–H groups in total. The molecule has 8 heteroatoms. The smallest absolute Gasteiger partial charge is 0.321 e. The van der Waals surface area contributed by atoms with E-state index in [1.165, 1.54) is 0 Å². The van der Waals surface area contributed by atoms with Gasteiger partial charge in [-0.05, 0) is 55.5 Å². The predicted octanol–water partition coefficient (Wildman–Crippen LogP) is 4.98. The fourth-order valence-corrected chi connectivity index (χ4v) is 5.10. The number of nitrogens with one attached hydrogen (secondary N) is 1. The SMILES string of the molecule is O=C(Nc1cc(F)cc(F)c1)N1CCC2(CC1)C(=O)N(C1CC1)C2c1ccc(Cl)cc1. The van der Waals surface area contributed by atoms with Crippen molar-refractivity contribution in [3.8, 4) is 0 Å². The van der Waals surface area contributed by atoms with E-state index in [1.54, 1.807) is 4.90 Å². The molecular weight excluding hydrogens is 424 g/mol. The van der Waals surface area contributed by atoms with E-state index >= 15 is 0 Å². The number of carbonyl (C=O) groups is 2. The summed E-state index contributed by atoms with van der Waals surface area (Å²) < 4.78 is 26.8. The number of halogens is 3. The summed E-state index contributed by atoms with van der Waals surface area (Å²) in [5, 5.41) is 3.21. The van der Waals surface area contributed by atoms with Crippen LogP contribution in [0.1, 0.15) is 37.3 Å². The van der Waals surface area contributed by atoms with Crippen LogP contribution in [0.4, 0.5) is 19.3 Å². The lowest BCUT2D eigenvalue weighted by Gasteiger charge is -2.59. The number of anilines is 1. The first-order valence-electron chi connectivity index (χ1n) is 10.5. The number of likely N-dealkylation sites (tertiary alicyclic amines) is 2. The minimum absolute atomic E-state index is 0.00714. The van der Waals surface area contributed by atoms with Crippen molar-refractivity contribution in [3.63, 3.8) is 0 Å². The molecule has 1 spiro atoms. The van der Waals surface area contributed by atoms with Crippen molar-refractivity contribution in [2.45, 2.75) is 37.8 Å². The highest BCUT2D eigenvalue weighted by atomic mass is 35.5. The Morgan fingerprint density at radius 1 is 1.03 bits per heavy atom. The normalized spacial score (nSPS) is 22.4. The molecule has 0 radical (unpaired) electrons. The Labute approximate surface area is 184 Å². The van der Waals surface area contributed by atoms with Gasteiger partial charge in [0.15, 0.2) is 0 Å². The van der Waals surface area contributed by atoms with Crippen LogP contribution in [0.3, 0.4) is 0 Å². The van der Waals surface area contributed by atoms with Crippen molar-refractivity contribution in [3.05, 3.63) is 64.7 Å². The molecule has 2 saturated heterocycles. The monoisotopic (exact) mass is 445 g/mol. The van der Waals surface area contributed by atoms with Gasteiger partial charge in [0.2, 0.25) is 5.91 Å². The topological polar surface area (TPSA) is 52.7 Å². The summed E-state index contributed by atoms with van der Waals surface area (Å²) in [4.78, 5) is 29.4. The molecular formula is C23H22ClF2N3O2. The molecule has 1 aliphatic carbocycles. The second kappa shape index (κ2) is 7.48. The van der Waals surface area contributed by atoms with E-state index in [0.29, 0.717) is 37.0 Å². The first-order chi connectivity index (χ1) is 14.9. The molecule has 1 saturated carbocycles. The van der Waals surface area contributed by atoms with Gasteiger partial charge in [-0.2, -0.15) is 0 Å². The van der Waals surface area contributed by atoms with Crippen LogP contribution in [0, 0.1) is 17.0 Å².